The lowest BCUT2D eigenvalue weighted by molar-refractivity contribution is 0.0366. The van der Waals surface area contributed by atoms with E-state index >= 15 is 0 Å². The second-order valence-electron chi connectivity index (χ2n) is 5.70. The summed E-state index contributed by atoms with van der Waals surface area (Å²) in [4.78, 5) is 2.30. The van der Waals surface area contributed by atoms with Gasteiger partial charge in [-0.25, -0.2) is 0 Å². The van der Waals surface area contributed by atoms with Crippen LogP contribution < -0.4 is 4.74 Å². The first kappa shape index (κ1) is 15.8. The zero-order chi connectivity index (χ0) is 14.5. The molecule has 2 unspecified atom stereocenters. The molecular formula is C16H24BrNO2. The summed E-state index contributed by atoms with van der Waals surface area (Å²) in [6.07, 6.45) is 2.62. The third kappa shape index (κ3) is 4.21. The Morgan fingerprint density at radius 1 is 1.45 bits per heavy atom. The van der Waals surface area contributed by atoms with Gasteiger partial charge in [-0.3, -0.25) is 0 Å². The van der Waals surface area contributed by atoms with E-state index in [4.69, 9.17) is 4.74 Å². The fourth-order valence-corrected chi connectivity index (χ4v) is 3.25. The maximum atomic E-state index is 10.1. The summed E-state index contributed by atoms with van der Waals surface area (Å²) in [7, 11) is 2.12. The van der Waals surface area contributed by atoms with E-state index in [1.165, 1.54) is 5.56 Å². The highest BCUT2D eigenvalue weighted by atomic mass is 79.9. The normalized spacial score (nSPS) is 23.8. The van der Waals surface area contributed by atoms with Crippen molar-refractivity contribution in [1.29, 1.82) is 0 Å². The lowest BCUT2D eigenvalue weighted by Crippen LogP contribution is -2.41. The van der Waals surface area contributed by atoms with E-state index in [2.05, 4.69) is 46.9 Å². The molecular weight excluding hydrogens is 318 g/mol. The molecule has 20 heavy (non-hydrogen) atoms. The second kappa shape index (κ2) is 7.43. The average molecular weight is 342 g/mol. The summed E-state index contributed by atoms with van der Waals surface area (Å²) >= 11 is 3.57. The molecule has 0 aliphatic carbocycles. The van der Waals surface area contributed by atoms with Gasteiger partial charge in [0.05, 0.1) is 17.2 Å². The number of ether oxygens (including phenoxy) is 1. The summed E-state index contributed by atoms with van der Waals surface area (Å²) < 4.78 is 6.67. The maximum absolute atomic E-state index is 10.1. The summed E-state index contributed by atoms with van der Waals surface area (Å²) in [5, 5.41) is 10.1. The Labute approximate surface area is 130 Å². The zero-order valence-corrected chi connectivity index (χ0v) is 13.9. The molecule has 1 fully saturated rings. The number of aliphatic hydroxyl groups excluding tert-OH is 1. The van der Waals surface area contributed by atoms with Crippen molar-refractivity contribution >= 4 is 15.9 Å². The Balaban J connectivity index is 2.00. The third-order valence-corrected chi connectivity index (χ3v) is 4.47. The van der Waals surface area contributed by atoms with Crippen molar-refractivity contribution in [1.82, 2.24) is 4.90 Å². The average Bonchev–Trinajstić information content (AvgIpc) is 2.42. The van der Waals surface area contributed by atoms with Crippen LogP contribution in [-0.4, -0.2) is 42.9 Å². The number of nitrogens with zero attached hydrogens (tertiary/aromatic N) is 1. The first-order valence-corrected chi connectivity index (χ1v) is 8.17. The topological polar surface area (TPSA) is 32.7 Å². The first-order valence-electron chi connectivity index (χ1n) is 7.38. The summed E-state index contributed by atoms with van der Waals surface area (Å²) in [5.74, 6) is 1.22. The molecule has 1 saturated heterocycles. The van der Waals surface area contributed by atoms with Gasteiger partial charge in [-0.05, 0) is 59.9 Å². The highest BCUT2D eigenvalue weighted by Gasteiger charge is 2.26. The van der Waals surface area contributed by atoms with Gasteiger partial charge < -0.3 is 14.7 Å². The predicted octanol–water partition coefficient (Wildman–Crippen LogP) is 3.09. The highest BCUT2D eigenvalue weighted by molar-refractivity contribution is 9.10. The fourth-order valence-electron chi connectivity index (χ4n) is 2.71. The highest BCUT2D eigenvalue weighted by Crippen LogP contribution is 2.28. The van der Waals surface area contributed by atoms with Crippen LogP contribution in [0.4, 0.5) is 0 Å². The minimum Gasteiger partial charge on any atom is -0.492 e. The summed E-state index contributed by atoms with van der Waals surface area (Å²) in [6.45, 7) is 4.80. The van der Waals surface area contributed by atoms with Crippen LogP contribution in [-0.2, 0) is 6.42 Å². The van der Waals surface area contributed by atoms with Crippen LogP contribution in [0.2, 0.25) is 0 Å². The smallest absolute Gasteiger partial charge is 0.133 e. The van der Waals surface area contributed by atoms with Crippen LogP contribution in [0.1, 0.15) is 25.3 Å². The van der Waals surface area contributed by atoms with Crippen LogP contribution in [0.3, 0.4) is 0 Å². The summed E-state index contributed by atoms with van der Waals surface area (Å²) in [5.41, 5.74) is 1.25. The Morgan fingerprint density at radius 2 is 2.25 bits per heavy atom. The molecule has 2 rings (SSSR count). The number of hydrogen-bond donors (Lipinski definition) is 1. The van der Waals surface area contributed by atoms with E-state index in [1.807, 2.05) is 6.07 Å². The number of likely N-dealkylation sites (tertiary alicyclic amines) is 1. The van der Waals surface area contributed by atoms with Crippen LogP contribution in [0, 0.1) is 5.92 Å². The molecule has 1 N–H and O–H groups in total. The lowest BCUT2D eigenvalue weighted by Gasteiger charge is -2.34. The Hall–Kier alpha value is -0.580. The number of piperidine rings is 1. The Kier molecular flexibility index (Phi) is 5.87. The molecule has 3 nitrogen and oxygen atoms in total. The van der Waals surface area contributed by atoms with Gasteiger partial charge >= 0.3 is 0 Å². The molecule has 0 saturated carbocycles. The van der Waals surface area contributed by atoms with Gasteiger partial charge in [0, 0.05) is 19.0 Å². The quantitative estimate of drug-likeness (QED) is 0.893. The molecule has 1 aliphatic rings. The van der Waals surface area contributed by atoms with Crippen molar-refractivity contribution in [3.05, 3.63) is 28.2 Å². The maximum Gasteiger partial charge on any atom is 0.133 e. The Morgan fingerprint density at radius 3 is 2.95 bits per heavy atom. The van der Waals surface area contributed by atoms with Gasteiger partial charge in [0.25, 0.3) is 0 Å². The molecule has 0 bridgehead atoms. The van der Waals surface area contributed by atoms with E-state index in [9.17, 15) is 5.11 Å². The van der Waals surface area contributed by atoms with Gasteiger partial charge in [-0.15, -0.1) is 0 Å². The SMILES string of the molecule is CCCOc1ccc(CC2CN(C)CCC2O)cc1Br. The number of halogens is 1. The molecule has 1 aliphatic heterocycles. The van der Waals surface area contributed by atoms with Gasteiger partial charge in [-0.1, -0.05) is 13.0 Å². The fraction of sp³-hybridized carbons (Fsp3) is 0.625. The lowest BCUT2D eigenvalue weighted by atomic mass is 9.89. The van der Waals surface area contributed by atoms with E-state index in [0.29, 0.717) is 5.92 Å². The number of rotatable bonds is 5. The van der Waals surface area contributed by atoms with Gasteiger partial charge in [0.15, 0.2) is 0 Å². The zero-order valence-electron chi connectivity index (χ0n) is 12.3. The van der Waals surface area contributed by atoms with Gasteiger partial charge in [0.2, 0.25) is 0 Å². The number of aliphatic hydroxyl groups is 1. The second-order valence-corrected chi connectivity index (χ2v) is 6.55. The number of benzene rings is 1. The molecule has 0 aromatic heterocycles. The van der Waals surface area contributed by atoms with Crippen molar-refractivity contribution in [2.75, 3.05) is 26.7 Å². The molecule has 112 valence electrons. The monoisotopic (exact) mass is 341 g/mol. The molecule has 0 spiro atoms. The number of hydrogen-bond acceptors (Lipinski definition) is 3. The predicted molar refractivity (Wildman–Crippen MR) is 85.2 cm³/mol. The first-order chi connectivity index (χ1) is 9.60. The molecule has 4 heteroatoms. The standard InChI is InChI=1S/C16H24BrNO2/c1-3-8-20-16-5-4-12(10-14(16)17)9-13-11-18(2)7-6-15(13)19/h4-5,10,13,15,19H,3,6-9,11H2,1-2H3. The molecule has 0 radical (unpaired) electrons. The minimum atomic E-state index is -0.180. The third-order valence-electron chi connectivity index (χ3n) is 3.85. The van der Waals surface area contributed by atoms with Crippen molar-refractivity contribution in [2.45, 2.75) is 32.3 Å². The van der Waals surface area contributed by atoms with E-state index in [-0.39, 0.29) is 6.10 Å². The van der Waals surface area contributed by atoms with Gasteiger partial charge in [-0.2, -0.15) is 0 Å². The van der Waals surface area contributed by atoms with E-state index in [0.717, 1.165) is 49.2 Å². The minimum absolute atomic E-state index is 0.180. The van der Waals surface area contributed by atoms with E-state index in [1.54, 1.807) is 0 Å². The van der Waals surface area contributed by atoms with Crippen LogP contribution in [0.15, 0.2) is 22.7 Å². The van der Waals surface area contributed by atoms with Crippen molar-refractivity contribution in [2.24, 2.45) is 5.92 Å². The van der Waals surface area contributed by atoms with Crippen molar-refractivity contribution < 1.29 is 9.84 Å². The van der Waals surface area contributed by atoms with Crippen molar-refractivity contribution in [3.63, 3.8) is 0 Å². The summed E-state index contributed by atoms with van der Waals surface area (Å²) in [6, 6.07) is 6.25. The molecule has 1 aromatic carbocycles. The molecule has 1 heterocycles. The molecule has 1 aromatic rings. The largest absolute Gasteiger partial charge is 0.492 e. The van der Waals surface area contributed by atoms with Crippen LogP contribution in [0.25, 0.3) is 0 Å². The van der Waals surface area contributed by atoms with Crippen LogP contribution in [0.5, 0.6) is 5.75 Å². The molecule has 2 atom stereocenters. The van der Waals surface area contributed by atoms with Gasteiger partial charge in [0.1, 0.15) is 5.75 Å². The van der Waals surface area contributed by atoms with Crippen molar-refractivity contribution in [3.8, 4) is 5.75 Å². The van der Waals surface area contributed by atoms with Crippen LogP contribution >= 0.6 is 15.9 Å². The van der Waals surface area contributed by atoms with E-state index < -0.39 is 0 Å². The molecule has 0 amide bonds. The Bertz CT molecular complexity index is 438.